The Kier molecular flexibility index (Phi) is 8.85. The highest BCUT2D eigenvalue weighted by Crippen LogP contribution is 2.24. The van der Waals surface area contributed by atoms with Crippen molar-refractivity contribution in [1.29, 1.82) is 0 Å². The molecule has 0 bridgehead atoms. The van der Waals surface area contributed by atoms with Crippen molar-refractivity contribution in [3.05, 3.63) is 83.6 Å². The highest BCUT2D eigenvalue weighted by atomic mass is 32.1. The average molecular weight is 327 g/mol. The third kappa shape index (κ3) is 6.74. The molecule has 1 aliphatic heterocycles. The molecular formula is C20H26N2S. The summed E-state index contributed by atoms with van der Waals surface area (Å²) in [6.07, 6.45) is 18.0. The van der Waals surface area contributed by atoms with Crippen molar-refractivity contribution in [1.82, 2.24) is 4.90 Å². The van der Waals surface area contributed by atoms with Gasteiger partial charge in [0, 0.05) is 18.8 Å². The Balaban J connectivity index is 2.87. The third-order valence-electron chi connectivity index (χ3n) is 3.48. The number of hydrogen-bond acceptors (Lipinski definition) is 3. The van der Waals surface area contributed by atoms with Gasteiger partial charge in [-0.25, -0.2) is 0 Å². The fraction of sp³-hybridized carbons (Fsp3) is 0.250. The molecule has 0 aromatic rings. The second-order valence-electron chi connectivity index (χ2n) is 5.24. The normalized spacial score (nSPS) is 17.3. The molecule has 0 atom stereocenters. The summed E-state index contributed by atoms with van der Waals surface area (Å²) in [5.74, 6) is 0. The molecule has 1 aliphatic rings. The summed E-state index contributed by atoms with van der Waals surface area (Å²) < 4.78 is 0. The van der Waals surface area contributed by atoms with E-state index in [2.05, 4.69) is 54.5 Å². The maximum absolute atomic E-state index is 4.62. The van der Waals surface area contributed by atoms with E-state index in [1.54, 1.807) is 6.08 Å². The van der Waals surface area contributed by atoms with Crippen LogP contribution in [0.1, 0.15) is 19.8 Å². The highest BCUT2D eigenvalue weighted by Gasteiger charge is 2.12. The average Bonchev–Trinajstić information content (AvgIpc) is 2.84. The van der Waals surface area contributed by atoms with E-state index in [4.69, 9.17) is 0 Å². The van der Waals surface area contributed by atoms with Crippen molar-refractivity contribution in [2.24, 2.45) is 4.99 Å². The van der Waals surface area contributed by atoms with Crippen LogP contribution in [0.25, 0.3) is 0 Å². The van der Waals surface area contributed by atoms with Crippen molar-refractivity contribution in [3.63, 3.8) is 0 Å². The lowest BCUT2D eigenvalue weighted by Gasteiger charge is -2.25. The minimum absolute atomic E-state index is 0.732. The van der Waals surface area contributed by atoms with E-state index in [-0.39, 0.29) is 0 Å². The van der Waals surface area contributed by atoms with E-state index in [1.165, 1.54) is 0 Å². The molecule has 1 rings (SSSR count). The van der Waals surface area contributed by atoms with E-state index in [9.17, 15) is 0 Å². The molecule has 0 fully saturated rings. The van der Waals surface area contributed by atoms with Gasteiger partial charge >= 0.3 is 0 Å². The van der Waals surface area contributed by atoms with Crippen molar-refractivity contribution in [2.75, 3.05) is 13.1 Å². The summed E-state index contributed by atoms with van der Waals surface area (Å²) >= 11 is 4.62. The lowest BCUT2D eigenvalue weighted by molar-refractivity contribution is 0.374. The Morgan fingerprint density at radius 3 is 2.39 bits per heavy atom. The first-order valence-electron chi connectivity index (χ1n) is 7.73. The topological polar surface area (TPSA) is 15.6 Å². The van der Waals surface area contributed by atoms with Crippen LogP contribution in [0.4, 0.5) is 0 Å². The monoisotopic (exact) mass is 326 g/mol. The molecule has 0 amide bonds. The maximum Gasteiger partial charge on any atom is 0.0776 e. The highest BCUT2D eigenvalue weighted by molar-refractivity contribution is 7.84. The van der Waals surface area contributed by atoms with Crippen molar-refractivity contribution in [3.8, 4) is 0 Å². The fourth-order valence-corrected chi connectivity index (χ4v) is 2.42. The van der Waals surface area contributed by atoms with E-state index < -0.39 is 0 Å². The minimum Gasteiger partial charge on any atom is -0.370 e. The summed E-state index contributed by atoms with van der Waals surface area (Å²) in [6, 6.07) is 0. The van der Waals surface area contributed by atoms with E-state index in [0.717, 1.165) is 47.8 Å². The summed E-state index contributed by atoms with van der Waals surface area (Å²) in [5.41, 5.74) is 2.74. The van der Waals surface area contributed by atoms with Crippen LogP contribution in [0, 0.1) is 0 Å². The van der Waals surface area contributed by atoms with E-state index in [1.807, 2.05) is 37.3 Å². The van der Waals surface area contributed by atoms with Crippen LogP contribution in [0.3, 0.4) is 0 Å². The Labute approximate surface area is 146 Å². The van der Waals surface area contributed by atoms with Crippen LogP contribution in [0.15, 0.2) is 88.6 Å². The number of thiol groups is 1. The first-order chi connectivity index (χ1) is 11.1. The van der Waals surface area contributed by atoms with Gasteiger partial charge < -0.3 is 4.90 Å². The first-order valence-corrected chi connectivity index (χ1v) is 8.18. The largest absolute Gasteiger partial charge is 0.370 e. The fourth-order valence-electron chi connectivity index (χ4n) is 2.13. The first kappa shape index (κ1) is 19.0. The van der Waals surface area contributed by atoms with Crippen molar-refractivity contribution >= 4 is 19.3 Å². The van der Waals surface area contributed by atoms with Crippen LogP contribution in [-0.2, 0) is 0 Å². The minimum atomic E-state index is 0.732. The Morgan fingerprint density at radius 2 is 1.83 bits per heavy atom. The number of nitrogens with zero attached hydrogens (tertiary/aromatic N) is 2. The van der Waals surface area contributed by atoms with E-state index >= 15 is 0 Å². The summed E-state index contributed by atoms with van der Waals surface area (Å²) in [4.78, 5) is 7.12. The van der Waals surface area contributed by atoms with Gasteiger partial charge in [0.1, 0.15) is 0 Å². The van der Waals surface area contributed by atoms with Gasteiger partial charge in [-0.1, -0.05) is 61.3 Å². The molecule has 0 saturated heterocycles. The van der Waals surface area contributed by atoms with Gasteiger partial charge in [-0.05, 0) is 32.6 Å². The van der Waals surface area contributed by atoms with E-state index in [0.29, 0.717) is 0 Å². The molecule has 0 N–H and O–H groups in total. The van der Waals surface area contributed by atoms with Crippen LogP contribution in [0.2, 0.25) is 0 Å². The summed E-state index contributed by atoms with van der Waals surface area (Å²) in [5, 5.41) is 0. The van der Waals surface area contributed by atoms with Gasteiger partial charge in [-0.2, -0.15) is 0 Å². The standard InChI is InChI=1S/C20H26N2S/c1-5-6-9-12-17(2)13-14-19(21-4)20(23)18(3)22-15-10-7-8-11-16-22/h5-9,12-14,23H,1,3-4,10-11,15-16H2,2H3/b9-6-,14-13+,17-12+,20-19+. The van der Waals surface area contributed by atoms with Gasteiger partial charge in [0.25, 0.3) is 0 Å². The number of allylic oxidation sites excluding steroid dienone is 7. The maximum atomic E-state index is 4.62. The zero-order valence-electron chi connectivity index (χ0n) is 13.9. The van der Waals surface area contributed by atoms with Gasteiger partial charge in [-0.3, -0.25) is 4.99 Å². The van der Waals surface area contributed by atoms with Crippen molar-refractivity contribution < 1.29 is 0 Å². The Bertz CT molecular complexity index is 579. The number of rotatable bonds is 7. The summed E-state index contributed by atoms with van der Waals surface area (Å²) in [7, 11) is 0. The molecule has 1 heterocycles. The zero-order valence-corrected chi connectivity index (χ0v) is 14.8. The molecule has 122 valence electrons. The zero-order chi connectivity index (χ0) is 17.1. The Hall–Kier alpha value is -2.00. The van der Waals surface area contributed by atoms with Gasteiger partial charge in [-0.15, -0.1) is 12.6 Å². The molecule has 0 aromatic carbocycles. The molecule has 3 heteroatoms. The van der Waals surface area contributed by atoms with Crippen LogP contribution >= 0.6 is 12.6 Å². The smallest absolute Gasteiger partial charge is 0.0776 e. The predicted molar refractivity (Wildman–Crippen MR) is 107 cm³/mol. The predicted octanol–water partition coefficient (Wildman–Crippen LogP) is 5.24. The second kappa shape index (κ2) is 10.7. The van der Waals surface area contributed by atoms with Gasteiger partial charge in [0.2, 0.25) is 0 Å². The molecular weight excluding hydrogens is 300 g/mol. The van der Waals surface area contributed by atoms with Crippen LogP contribution < -0.4 is 0 Å². The van der Waals surface area contributed by atoms with Crippen LogP contribution in [-0.4, -0.2) is 24.7 Å². The molecule has 23 heavy (non-hydrogen) atoms. The Morgan fingerprint density at radius 1 is 1.17 bits per heavy atom. The molecule has 2 nitrogen and oxygen atoms in total. The summed E-state index contributed by atoms with van der Waals surface area (Å²) in [6.45, 7) is 15.4. The van der Waals surface area contributed by atoms with Crippen molar-refractivity contribution in [2.45, 2.75) is 19.8 Å². The van der Waals surface area contributed by atoms with Gasteiger partial charge in [0.05, 0.1) is 10.6 Å². The molecule has 0 spiro atoms. The number of hydrogen-bond donors (Lipinski definition) is 1. The molecule has 0 unspecified atom stereocenters. The second-order valence-corrected chi connectivity index (χ2v) is 5.69. The lowest BCUT2D eigenvalue weighted by Crippen LogP contribution is -2.24. The quantitative estimate of drug-likeness (QED) is 0.293. The number of aliphatic imine (C=N–C) groups is 1. The molecule has 0 aromatic heterocycles. The lowest BCUT2D eigenvalue weighted by atomic mass is 10.2. The van der Waals surface area contributed by atoms with Gasteiger partial charge in [0.15, 0.2) is 0 Å². The molecule has 0 aliphatic carbocycles. The third-order valence-corrected chi connectivity index (χ3v) is 3.96. The van der Waals surface area contributed by atoms with Crippen LogP contribution in [0.5, 0.6) is 0 Å². The SMILES string of the molecule is C=C\C=C/C=C(C)/C=C/C(N=C)=C(\S)C(=C)N1CCC=CCC1. The molecule has 0 radical (unpaired) electrons. The molecule has 0 saturated carbocycles.